The molecule has 30 heavy (non-hydrogen) atoms. The maximum absolute atomic E-state index is 11.1. The molecule has 4 aromatic carbocycles. The van der Waals surface area contributed by atoms with Crippen LogP contribution in [0.3, 0.4) is 0 Å². The lowest BCUT2D eigenvalue weighted by molar-refractivity contribution is 0.111. The van der Waals surface area contributed by atoms with Crippen molar-refractivity contribution in [2.24, 2.45) is 0 Å². The van der Waals surface area contributed by atoms with E-state index in [1.807, 2.05) is 24.3 Å². The predicted octanol–water partition coefficient (Wildman–Crippen LogP) is 6.12. The minimum absolute atomic E-state index is 0.734. The van der Waals surface area contributed by atoms with Crippen molar-refractivity contribution < 1.29 is 9.59 Å². The van der Waals surface area contributed by atoms with E-state index in [9.17, 15) is 9.59 Å². The molecule has 0 atom stereocenters. The Hall–Kier alpha value is -3.78. The van der Waals surface area contributed by atoms with Crippen molar-refractivity contribution in [3.63, 3.8) is 0 Å². The van der Waals surface area contributed by atoms with Gasteiger partial charge in [-0.3, -0.25) is 9.59 Å². The van der Waals surface area contributed by atoms with Gasteiger partial charge in [0.2, 0.25) is 0 Å². The molecule has 0 spiro atoms. The van der Waals surface area contributed by atoms with Crippen LogP contribution in [0.5, 0.6) is 0 Å². The average Bonchev–Trinajstić information content (AvgIpc) is 3.34. The van der Waals surface area contributed by atoms with Crippen LogP contribution in [-0.2, 0) is 12.8 Å². The first-order valence-corrected chi connectivity index (χ1v) is 10.2. The van der Waals surface area contributed by atoms with E-state index < -0.39 is 0 Å². The number of aldehydes is 2. The van der Waals surface area contributed by atoms with E-state index in [1.54, 1.807) is 0 Å². The summed E-state index contributed by atoms with van der Waals surface area (Å²) in [4.78, 5) is 22.2. The third kappa shape index (κ3) is 2.50. The lowest BCUT2D eigenvalue weighted by Gasteiger charge is -2.08. The molecule has 0 unspecified atom stereocenters. The summed E-state index contributed by atoms with van der Waals surface area (Å²) in [6.45, 7) is 0. The van der Waals surface area contributed by atoms with Gasteiger partial charge in [-0.15, -0.1) is 0 Å². The highest BCUT2D eigenvalue weighted by atomic mass is 16.1. The van der Waals surface area contributed by atoms with Crippen LogP contribution in [0.2, 0.25) is 0 Å². The van der Waals surface area contributed by atoms with Crippen molar-refractivity contribution in [3.8, 4) is 33.4 Å². The minimum atomic E-state index is 0.734. The first-order valence-electron chi connectivity index (χ1n) is 10.2. The average molecular weight is 386 g/mol. The first-order chi connectivity index (χ1) is 14.7. The summed E-state index contributed by atoms with van der Waals surface area (Å²) in [5.74, 6) is 0. The molecule has 2 aliphatic rings. The Labute approximate surface area is 174 Å². The molecule has 2 nitrogen and oxygen atoms in total. The molecule has 0 saturated carbocycles. The Morgan fingerprint density at radius 1 is 0.467 bits per heavy atom. The molecular weight excluding hydrogens is 368 g/mol. The number of rotatable bonds is 3. The molecule has 0 aliphatic heterocycles. The Morgan fingerprint density at radius 2 is 0.833 bits per heavy atom. The molecule has 6 rings (SSSR count). The Balaban J connectivity index is 1.37. The van der Waals surface area contributed by atoms with Gasteiger partial charge in [0.1, 0.15) is 12.6 Å². The molecule has 0 heterocycles. The SMILES string of the molecule is O=Cc1ccc2c(c1)Cc1cc(-c3ccc4c(c3)Cc3cc(C=O)ccc3-4)ccc1-2. The molecule has 0 radical (unpaired) electrons. The van der Waals surface area contributed by atoms with Crippen molar-refractivity contribution >= 4 is 12.6 Å². The van der Waals surface area contributed by atoms with Crippen LogP contribution in [-0.4, -0.2) is 12.6 Å². The smallest absolute Gasteiger partial charge is 0.150 e. The van der Waals surface area contributed by atoms with Crippen LogP contribution >= 0.6 is 0 Å². The molecule has 2 aliphatic carbocycles. The van der Waals surface area contributed by atoms with Gasteiger partial charge in [-0.25, -0.2) is 0 Å². The monoisotopic (exact) mass is 386 g/mol. The Kier molecular flexibility index (Phi) is 3.63. The fraction of sp³-hybridized carbons (Fsp3) is 0.0714. The zero-order valence-corrected chi connectivity index (χ0v) is 16.3. The second-order valence-corrected chi connectivity index (χ2v) is 8.17. The zero-order chi connectivity index (χ0) is 20.2. The van der Waals surface area contributed by atoms with Gasteiger partial charge >= 0.3 is 0 Å². The quantitative estimate of drug-likeness (QED) is 0.343. The van der Waals surface area contributed by atoms with E-state index in [0.717, 1.165) is 36.5 Å². The van der Waals surface area contributed by atoms with E-state index >= 15 is 0 Å². The van der Waals surface area contributed by atoms with Crippen LogP contribution in [0, 0.1) is 0 Å². The van der Waals surface area contributed by atoms with Crippen molar-refractivity contribution in [2.45, 2.75) is 12.8 Å². The topological polar surface area (TPSA) is 34.1 Å². The highest BCUT2D eigenvalue weighted by Crippen LogP contribution is 2.41. The molecule has 4 aromatic rings. The Bertz CT molecular complexity index is 1270. The van der Waals surface area contributed by atoms with Crippen LogP contribution in [0.4, 0.5) is 0 Å². The van der Waals surface area contributed by atoms with Crippen molar-refractivity contribution in [2.75, 3.05) is 0 Å². The fourth-order valence-electron chi connectivity index (χ4n) is 4.97. The first kappa shape index (κ1) is 17.1. The fourth-order valence-corrected chi connectivity index (χ4v) is 4.97. The standard InChI is InChI=1S/C28H18O2/c29-15-17-1-5-25-21(9-17)13-23-11-19(3-7-27(23)25)20-4-8-28-24(12-20)14-22-10-18(16-30)2-6-26(22)28/h1-12,15-16H,13-14H2. The molecular formula is C28H18O2. The minimum Gasteiger partial charge on any atom is -0.298 e. The van der Waals surface area contributed by atoms with Crippen LogP contribution in [0.25, 0.3) is 33.4 Å². The second-order valence-electron chi connectivity index (χ2n) is 8.17. The number of carbonyl (C=O) groups excluding carboxylic acids is 2. The number of hydrogen-bond acceptors (Lipinski definition) is 2. The van der Waals surface area contributed by atoms with Gasteiger partial charge in [0.15, 0.2) is 0 Å². The molecule has 2 heteroatoms. The van der Waals surface area contributed by atoms with Crippen LogP contribution in [0.15, 0.2) is 72.8 Å². The summed E-state index contributed by atoms with van der Waals surface area (Å²) in [5, 5.41) is 0. The summed E-state index contributed by atoms with van der Waals surface area (Å²) < 4.78 is 0. The molecule has 0 aromatic heterocycles. The maximum Gasteiger partial charge on any atom is 0.150 e. The molecule has 0 saturated heterocycles. The van der Waals surface area contributed by atoms with Crippen LogP contribution in [0.1, 0.15) is 43.0 Å². The van der Waals surface area contributed by atoms with Gasteiger partial charge in [-0.2, -0.15) is 0 Å². The normalized spacial score (nSPS) is 12.7. The molecule has 0 amide bonds. The van der Waals surface area contributed by atoms with Gasteiger partial charge in [0, 0.05) is 11.1 Å². The van der Waals surface area contributed by atoms with E-state index in [2.05, 4.69) is 48.5 Å². The Morgan fingerprint density at radius 3 is 1.23 bits per heavy atom. The maximum atomic E-state index is 11.1. The highest BCUT2D eigenvalue weighted by molar-refractivity contribution is 5.86. The van der Waals surface area contributed by atoms with Gasteiger partial charge in [-0.1, -0.05) is 60.7 Å². The second kappa shape index (κ2) is 6.36. The largest absolute Gasteiger partial charge is 0.298 e. The summed E-state index contributed by atoms with van der Waals surface area (Å²) in [7, 11) is 0. The number of benzene rings is 4. The lowest BCUT2D eigenvalue weighted by Crippen LogP contribution is -1.86. The number of carbonyl (C=O) groups is 2. The van der Waals surface area contributed by atoms with Crippen molar-refractivity contribution in [1.82, 2.24) is 0 Å². The summed E-state index contributed by atoms with van der Waals surface area (Å²) >= 11 is 0. The number of hydrogen-bond donors (Lipinski definition) is 0. The predicted molar refractivity (Wildman–Crippen MR) is 119 cm³/mol. The molecule has 0 bridgehead atoms. The van der Waals surface area contributed by atoms with E-state index in [4.69, 9.17) is 0 Å². The van der Waals surface area contributed by atoms with Gasteiger partial charge in [0.05, 0.1) is 0 Å². The highest BCUT2D eigenvalue weighted by Gasteiger charge is 2.21. The van der Waals surface area contributed by atoms with E-state index in [-0.39, 0.29) is 0 Å². The van der Waals surface area contributed by atoms with Crippen molar-refractivity contribution in [1.29, 1.82) is 0 Å². The third-order valence-corrected chi connectivity index (χ3v) is 6.42. The van der Waals surface area contributed by atoms with Crippen LogP contribution < -0.4 is 0 Å². The molecule has 0 N–H and O–H groups in total. The summed E-state index contributed by atoms with van der Waals surface area (Å²) in [6.07, 6.45) is 3.56. The zero-order valence-electron chi connectivity index (χ0n) is 16.3. The summed E-state index contributed by atoms with van der Waals surface area (Å²) in [6, 6.07) is 25.3. The third-order valence-electron chi connectivity index (χ3n) is 6.42. The lowest BCUT2D eigenvalue weighted by atomic mass is 9.96. The van der Waals surface area contributed by atoms with E-state index in [0.29, 0.717) is 0 Å². The number of fused-ring (bicyclic) bond motifs is 6. The molecule has 142 valence electrons. The summed E-state index contributed by atoms with van der Waals surface area (Å²) in [5.41, 5.74) is 14.0. The van der Waals surface area contributed by atoms with E-state index in [1.165, 1.54) is 55.6 Å². The van der Waals surface area contributed by atoms with Gasteiger partial charge < -0.3 is 0 Å². The van der Waals surface area contributed by atoms with Gasteiger partial charge in [0.25, 0.3) is 0 Å². The van der Waals surface area contributed by atoms with Gasteiger partial charge in [-0.05, 0) is 80.6 Å². The van der Waals surface area contributed by atoms with Crippen molar-refractivity contribution in [3.05, 3.63) is 106 Å². The molecule has 0 fully saturated rings.